The molecule has 0 saturated carbocycles. The molecule has 6 heteroatoms. The highest BCUT2D eigenvalue weighted by molar-refractivity contribution is 7.15. The molecule has 0 aliphatic carbocycles. The number of thiazole rings is 1. The van der Waals surface area contributed by atoms with E-state index in [1.165, 1.54) is 11.3 Å². The Morgan fingerprint density at radius 3 is 3.00 bits per heavy atom. The number of anilines is 1. The van der Waals surface area contributed by atoms with Gasteiger partial charge in [0, 0.05) is 11.1 Å². The molecule has 0 aliphatic heterocycles. The maximum atomic E-state index is 10.6. The molecule has 0 spiro atoms. The van der Waals surface area contributed by atoms with Crippen molar-refractivity contribution in [2.75, 3.05) is 5.32 Å². The molecular weight excluding hydrogens is 250 g/mol. The van der Waals surface area contributed by atoms with E-state index < -0.39 is 5.97 Å². The molecule has 0 aromatic carbocycles. The van der Waals surface area contributed by atoms with Crippen LogP contribution < -0.4 is 5.32 Å². The van der Waals surface area contributed by atoms with Crippen molar-refractivity contribution in [1.82, 2.24) is 9.97 Å². The molecule has 94 valence electrons. The van der Waals surface area contributed by atoms with Crippen LogP contribution in [0.1, 0.15) is 16.3 Å². The summed E-state index contributed by atoms with van der Waals surface area (Å²) >= 11 is 1.46. The van der Waals surface area contributed by atoms with Crippen LogP contribution in [0.5, 0.6) is 0 Å². The first kappa shape index (κ1) is 12.5. The molecule has 0 aliphatic rings. The maximum Gasteiger partial charge on any atom is 0.309 e. The third kappa shape index (κ3) is 3.27. The molecule has 5 nitrogen and oxygen atoms in total. The average Bonchev–Trinajstić information content (AvgIpc) is 2.68. The fourth-order valence-electron chi connectivity index (χ4n) is 1.48. The predicted octanol–water partition coefficient (Wildman–Crippen LogP) is 2.09. The highest BCUT2D eigenvalue weighted by Crippen LogP contribution is 2.22. The number of carboxylic acid groups (broad SMARTS) is 1. The van der Waals surface area contributed by atoms with Gasteiger partial charge in [-0.05, 0) is 19.1 Å². The SMILES string of the molecule is Cc1sc(NCc2ccccn2)nc1CC(=O)O. The highest BCUT2D eigenvalue weighted by atomic mass is 32.1. The molecule has 2 aromatic heterocycles. The first-order valence-electron chi connectivity index (χ1n) is 5.47. The second-order valence-corrected chi connectivity index (χ2v) is 4.97. The van der Waals surface area contributed by atoms with E-state index in [2.05, 4.69) is 15.3 Å². The third-order valence-electron chi connectivity index (χ3n) is 2.36. The summed E-state index contributed by atoms with van der Waals surface area (Å²) in [5.41, 5.74) is 1.54. The molecule has 0 radical (unpaired) electrons. The maximum absolute atomic E-state index is 10.6. The van der Waals surface area contributed by atoms with Gasteiger partial charge in [0.15, 0.2) is 5.13 Å². The number of nitrogens with one attached hydrogen (secondary N) is 1. The van der Waals surface area contributed by atoms with E-state index in [0.29, 0.717) is 12.2 Å². The number of aliphatic carboxylic acids is 1. The van der Waals surface area contributed by atoms with Gasteiger partial charge in [0.1, 0.15) is 0 Å². The van der Waals surface area contributed by atoms with Crippen LogP contribution in [0.4, 0.5) is 5.13 Å². The molecule has 0 fully saturated rings. The van der Waals surface area contributed by atoms with E-state index in [0.717, 1.165) is 15.7 Å². The summed E-state index contributed by atoms with van der Waals surface area (Å²) in [6, 6.07) is 5.71. The number of carbonyl (C=O) groups is 1. The normalized spacial score (nSPS) is 10.3. The Labute approximate surface area is 109 Å². The first-order valence-corrected chi connectivity index (χ1v) is 6.28. The van der Waals surface area contributed by atoms with Crippen molar-refractivity contribution in [3.8, 4) is 0 Å². The zero-order chi connectivity index (χ0) is 13.0. The van der Waals surface area contributed by atoms with E-state index in [-0.39, 0.29) is 6.42 Å². The van der Waals surface area contributed by atoms with Crippen LogP contribution in [-0.4, -0.2) is 21.0 Å². The molecule has 0 bridgehead atoms. The Morgan fingerprint density at radius 1 is 1.50 bits per heavy atom. The zero-order valence-electron chi connectivity index (χ0n) is 9.88. The number of carboxylic acids is 1. The van der Waals surface area contributed by atoms with Gasteiger partial charge in [-0.1, -0.05) is 6.07 Å². The number of aromatic nitrogens is 2. The lowest BCUT2D eigenvalue weighted by molar-refractivity contribution is -0.136. The van der Waals surface area contributed by atoms with Crippen LogP contribution in [0.3, 0.4) is 0 Å². The van der Waals surface area contributed by atoms with E-state index in [9.17, 15) is 4.79 Å². The van der Waals surface area contributed by atoms with Crippen LogP contribution in [0, 0.1) is 6.92 Å². The van der Waals surface area contributed by atoms with Crippen molar-refractivity contribution >= 4 is 22.4 Å². The minimum absolute atomic E-state index is 0.0341. The molecule has 18 heavy (non-hydrogen) atoms. The van der Waals surface area contributed by atoms with Crippen molar-refractivity contribution in [2.24, 2.45) is 0 Å². The topological polar surface area (TPSA) is 75.1 Å². The van der Waals surface area contributed by atoms with Crippen LogP contribution >= 0.6 is 11.3 Å². The van der Waals surface area contributed by atoms with Gasteiger partial charge in [0.05, 0.1) is 24.4 Å². The summed E-state index contributed by atoms with van der Waals surface area (Å²) in [6.45, 7) is 2.46. The molecule has 0 unspecified atom stereocenters. The Morgan fingerprint density at radius 2 is 2.33 bits per heavy atom. The van der Waals surface area contributed by atoms with E-state index >= 15 is 0 Å². The van der Waals surface area contributed by atoms with Crippen molar-refractivity contribution in [3.63, 3.8) is 0 Å². The van der Waals surface area contributed by atoms with Gasteiger partial charge >= 0.3 is 5.97 Å². The Kier molecular flexibility index (Phi) is 3.88. The standard InChI is InChI=1S/C12H13N3O2S/c1-8-10(6-11(16)17)15-12(18-8)14-7-9-4-2-3-5-13-9/h2-5H,6-7H2,1H3,(H,14,15)(H,16,17). The van der Waals surface area contributed by atoms with Crippen molar-refractivity contribution < 1.29 is 9.90 Å². The van der Waals surface area contributed by atoms with Gasteiger partial charge < -0.3 is 10.4 Å². The lowest BCUT2D eigenvalue weighted by Gasteiger charge is -2.00. The molecule has 2 heterocycles. The molecule has 0 amide bonds. The van der Waals surface area contributed by atoms with Crippen molar-refractivity contribution in [3.05, 3.63) is 40.7 Å². The van der Waals surface area contributed by atoms with Crippen LogP contribution in [0.2, 0.25) is 0 Å². The molecule has 2 rings (SSSR count). The van der Waals surface area contributed by atoms with Gasteiger partial charge in [0.25, 0.3) is 0 Å². The summed E-state index contributed by atoms with van der Waals surface area (Å²) in [5.74, 6) is -0.861. The lowest BCUT2D eigenvalue weighted by Crippen LogP contribution is -2.03. The van der Waals surface area contributed by atoms with Crippen LogP contribution in [0.25, 0.3) is 0 Å². The van der Waals surface area contributed by atoms with E-state index in [1.54, 1.807) is 6.20 Å². The quantitative estimate of drug-likeness (QED) is 0.864. The third-order valence-corrected chi connectivity index (χ3v) is 3.33. The van der Waals surface area contributed by atoms with Gasteiger partial charge in [-0.2, -0.15) is 0 Å². The second kappa shape index (κ2) is 5.59. The number of aryl methyl sites for hydroxylation is 1. The molecule has 2 aromatic rings. The number of nitrogens with zero attached hydrogens (tertiary/aromatic N) is 2. The molecule has 0 atom stereocenters. The number of hydrogen-bond donors (Lipinski definition) is 2. The number of pyridine rings is 1. The van der Waals surface area contributed by atoms with Gasteiger partial charge in [-0.3, -0.25) is 9.78 Å². The summed E-state index contributed by atoms with van der Waals surface area (Å²) in [7, 11) is 0. The van der Waals surface area contributed by atoms with Crippen LogP contribution in [0.15, 0.2) is 24.4 Å². The second-order valence-electron chi connectivity index (χ2n) is 3.77. The fourth-order valence-corrected chi connectivity index (χ4v) is 2.31. The van der Waals surface area contributed by atoms with Gasteiger partial charge in [-0.15, -0.1) is 11.3 Å². The Bertz CT molecular complexity index is 540. The van der Waals surface area contributed by atoms with Gasteiger partial charge in [-0.25, -0.2) is 4.98 Å². The minimum Gasteiger partial charge on any atom is -0.481 e. The van der Waals surface area contributed by atoms with Crippen LogP contribution in [-0.2, 0) is 17.8 Å². The van der Waals surface area contributed by atoms with Crippen molar-refractivity contribution in [1.29, 1.82) is 0 Å². The largest absolute Gasteiger partial charge is 0.481 e. The summed E-state index contributed by atoms with van der Waals surface area (Å²) < 4.78 is 0. The Hall–Kier alpha value is -1.95. The van der Waals surface area contributed by atoms with E-state index in [1.807, 2.05) is 25.1 Å². The average molecular weight is 263 g/mol. The van der Waals surface area contributed by atoms with Gasteiger partial charge in [0.2, 0.25) is 0 Å². The molecular formula is C12H13N3O2S. The monoisotopic (exact) mass is 263 g/mol. The summed E-state index contributed by atoms with van der Waals surface area (Å²) in [5, 5.41) is 12.6. The minimum atomic E-state index is -0.861. The number of hydrogen-bond acceptors (Lipinski definition) is 5. The molecule has 2 N–H and O–H groups in total. The smallest absolute Gasteiger partial charge is 0.309 e. The molecule has 0 saturated heterocycles. The highest BCUT2D eigenvalue weighted by Gasteiger charge is 2.10. The summed E-state index contributed by atoms with van der Waals surface area (Å²) in [6.07, 6.45) is 1.70. The predicted molar refractivity (Wildman–Crippen MR) is 69.8 cm³/mol. The first-order chi connectivity index (χ1) is 8.65. The zero-order valence-corrected chi connectivity index (χ0v) is 10.7. The summed E-state index contributed by atoms with van der Waals surface area (Å²) in [4.78, 5) is 20.0. The Balaban J connectivity index is 2.00. The fraction of sp³-hybridized carbons (Fsp3) is 0.250. The number of rotatable bonds is 5. The lowest BCUT2D eigenvalue weighted by atomic mass is 10.3. The van der Waals surface area contributed by atoms with E-state index in [4.69, 9.17) is 5.11 Å². The van der Waals surface area contributed by atoms with Crippen molar-refractivity contribution in [2.45, 2.75) is 19.9 Å².